The average molecular weight is 468 g/mol. The first-order valence-electron chi connectivity index (χ1n) is 10.8. The van der Waals surface area contributed by atoms with Crippen LogP contribution in [0.1, 0.15) is 31.7 Å². The Kier molecular flexibility index (Phi) is 8.48. The Morgan fingerprint density at radius 3 is 2.52 bits per heavy atom. The second-order valence-corrected chi connectivity index (χ2v) is 8.97. The minimum atomic E-state index is -0.628. The fraction of sp³-hybridized carbons (Fsp3) is 0.333. The van der Waals surface area contributed by atoms with Gasteiger partial charge in [0.15, 0.2) is 5.17 Å². The van der Waals surface area contributed by atoms with E-state index in [9.17, 15) is 9.59 Å². The van der Waals surface area contributed by atoms with Crippen molar-refractivity contribution in [2.75, 3.05) is 30.5 Å². The molecular weight excluding hydrogens is 438 g/mol. The topological polar surface area (TPSA) is 101 Å². The Labute approximate surface area is 198 Å². The number of amidine groups is 1. The predicted octanol–water partition coefficient (Wildman–Crippen LogP) is 3.65. The van der Waals surface area contributed by atoms with Crippen LogP contribution in [0, 0.1) is 0 Å². The first kappa shape index (κ1) is 24.3. The monoisotopic (exact) mass is 467 g/mol. The Morgan fingerprint density at radius 1 is 1.18 bits per heavy atom. The molecule has 1 heterocycles. The molecule has 0 radical (unpaired) electrons. The molecule has 1 aliphatic heterocycles. The van der Waals surface area contributed by atoms with Gasteiger partial charge in [-0.2, -0.15) is 5.10 Å². The Morgan fingerprint density at radius 2 is 1.88 bits per heavy atom. The molecule has 33 heavy (non-hydrogen) atoms. The third-order valence-corrected chi connectivity index (χ3v) is 5.98. The lowest BCUT2D eigenvalue weighted by molar-refractivity contribution is -0.121. The van der Waals surface area contributed by atoms with Gasteiger partial charge in [-0.3, -0.25) is 9.59 Å². The molecule has 0 aromatic heterocycles. The normalized spacial score (nSPS) is 16.6. The molecular formula is C24H29N5O3S. The lowest BCUT2D eigenvalue weighted by atomic mass is 10.2. The molecule has 0 bridgehead atoms. The van der Waals surface area contributed by atoms with E-state index in [1.165, 1.54) is 4.90 Å². The van der Waals surface area contributed by atoms with E-state index in [4.69, 9.17) is 10.5 Å². The molecule has 0 spiro atoms. The summed E-state index contributed by atoms with van der Waals surface area (Å²) in [5.74, 6) is 0.128. The van der Waals surface area contributed by atoms with Crippen LogP contribution in [0.2, 0.25) is 0 Å². The highest BCUT2D eigenvalue weighted by molar-refractivity contribution is 8.14. The average Bonchev–Trinajstić information content (AvgIpc) is 3.07. The maximum Gasteiger partial charge on any atom is 0.247 e. The first-order valence-corrected chi connectivity index (χ1v) is 11.7. The summed E-state index contributed by atoms with van der Waals surface area (Å²) < 4.78 is 5.64. The van der Waals surface area contributed by atoms with E-state index in [1.54, 1.807) is 30.5 Å². The largest absolute Gasteiger partial charge is 0.494 e. The molecule has 2 aromatic rings. The number of ether oxygens (including phenoxy) is 1. The van der Waals surface area contributed by atoms with Crippen LogP contribution >= 0.6 is 11.8 Å². The molecule has 174 valence electrons. The Balaban J connectivity index is 1.58. The highest BCUT2D eigenvalue weighted by Gasteiger charge is 2.40. The number of nitrogens with two attached hydrogens (primary N) is 1. The van der Waals surface area contributed by atoms with Gasteiger partial charge in [0.1, 0.15) is 11.0 Å². The number of thioether (sulfide) groups is 1. The number of amides is 2. The highest BCUT2D eigenvalue weighted by Crippen LogP contribution is 2.30. The van der Waals surface area contributed by atoms with Gasteiger partial charge in [0, 0.05) is 26.2 Å². The second kappa shape index (κ2) is 11.5. The number of carbonyl (C=O) groups is 2. The number of carbonyl (C=O) groups excluding carboxylic acids is 2. The fourth-order valence-corrected chi connectivity index (χ4v) is 3.99. The number of benzene rings is 2. The zero-order valence-electron chi connectivity index (χ0n) is 19.1. The third-order valence-electron chi connectivity index (χ3n) is 5.00. The van der Waals surface area contributed by atoms with Crippen LogP contribution in [-0.4, -0.2) is 49.1 Å². The molecule has 3 rings (SSSR count). The van der Waals surface area contributed by atoms with Crippen molar-refractivity contribution in [2.45, 2.75) is 31.4 Å². The minimum absolute atomic E-state index is 0.0597. The van der Waals surface area contributed by atoms with Crippen molar-refractivity contribution >= 4 is 46.3 Å². The third kappa shape index (κ3) is 6.58. The molecule has 1 saturated heterocycles. The maximum atomic E-state index is 12.8. The number of imide groups is 1. The van der Waals surface area contributed by atoms with Crippen LogP contribution in [0.15, 0.2) is 58.7 Å². The van der Waals surface area contributed by atoms with Crippen LogP contribution in [0.3, 0.4) is 0 Å². The molecule has 0 saturated carbocycles. The van der Waals surface area contributed by atoms with Crippen LogP contribution < -0.4 is 20.3 Å². The lowest BCUT2D eigenvalue weighted by Crippen LogP contribution is -2.31. The summed E-state index contributed by atoms with van der Waals surface area (Å²) in [6.45, 7) is 2.73. The molecule has 2 aromatic carbocycles. The van der Waals surface area contributed by atoms with Crippen molar-refractivity contribution in [1.29, 1.82) is 0 Å². The number of hydrogen-bond acceptors (Lipinski definition) is 7. The zero-order chi connectivity index (χ0) is 23.8. The standard InChI is InChI=1S/C24H29N5O3S/c1-4-5-14-32-20-12-10-19(11-13-20)29-22(30)15-21(23(29)31)33-24(25)27-26-16-17-6-8-18(9-7-17)28(2)3/h6-13,16,21H,4-5,14-15H2,1-3H3,(H2,25,27)/b26-16-/t21-/m1/s1. The summed E-state index contributed by atoms with van der Waals surface area (Å²) in [4.78, 5) is 28.5. The van der Waals surface area contributed by atoms with Crippen LogP contribution in [0.5, 0.6) is 5.75 Å². The van der Waals surface area contributed by atoms with Crippen molar-refractivity contribution in [1.82, 2.24) is 0 Å². The maximum absolute atomic E-state index is 12.8. The van der Waals surface area contributed by atoms with Crippen LogP contribution in [-0.2, 0) is 9.59 Å². The predicted molar refractivity (Wildman–Crippen MR) is 135 cm³/mol. The first-order chi connectivity index (χ1) is 15.9. The minimum Gasteiger partial charge on any atom is -0.494 e. The Bertz CT molecular complexity index is 1020. The summed E-state index contributed by atoms with van der Waals surface area (Å²) in [7, 11) is 3.94. The second-order valence-electron chi connectivity index (χ2n) is 7.74. The number of nitrogens with zero attached hydrogens (tertiary/aromatic N) is 4. The molecule has 0 aliphatic carbocycles. The van der Waals surface area contributed by atoms with Crippen molar-refractivity contribution in [3.8, 4) is 5.75 Å². The van der Waals surface area contributed by atoms with Gasteiger partial charge in [0.05, 0.1) is 18.5 Å². The molecule has 2 amide bonds. The van der Waals surface area contributed by atoms with Gasteiger partial charge >= 0.3 is 0 Å². The van der Waals surface area contributed by atoms with Crippen LogP contribution in [0.4, 0.5) is 11.4 Å². The van der Waals surface area contributed by atoms with E-state index in [0.29, 0.717) is 18.0 Å². The van der Waals surface area contributed by atoms with Crippen LogP contribution in [0.25, 0.3) is 0 Å². The quantitative estimate of drug-likeness (QED) is 0.199. The van der Waals surface area contributed by atoms with E-state index in [-0.39, 0.29) is 23.4 Å². The number of anilines is 2. The lowest BCUT2D eigenvalue weighted by Gasteiger charge is -2.15. The number of rotatable bonds is 9. The van der Waals surface area contributed by atoms with Crippen molar-refractivity contribution in [2.24, 2.45) is 15.9 Å². The zero-order valence-corrected chi connectivity index (χ0v) is 19.9. The molecule has 9 heteroatoms. The SMILES string of the molecule is CCCCOc1ccc(N2C(=O)C[C@@H](SC(N)=N/N=C\c3ccc(N(C)C)cc3)C2=O)cc1. The summed E-state index contributed by atoms with van der Waals surface area (Å²) in [6.07, 6.45) is 3.67. The fourth-order valence-electron chi connectivity index (χ4n) is 3.17. The Hall–Kier alpha value is -3.33. The van der Waals surface area contributed by atoms with E-state index < -0.39 is 5.25 Å². The van der Waals surface area contributed by atoms with E-state index in [0.717, 1.165) is 35.9 Å². The van der Waals surface area contributed by atoms with E-state index in [2.05, 4.69) is 17.1 Å². The van der Waals surface area contributed by atoms with E-state index in [1.807, 2.05) is 43.3 Å². The highest BCUT2D eigenvalue weighted by atomic mass is 32.2. The summed E-state index contributed by atoms with van der Waals surface area (Å²) >= 11 is 1.05. The molecule has 1 aliphatic rings. The summed E-state index contributed by atoms with van der Waals surface area (Å²) in [6, 6.07) is 14.8. The molecule has 2 N–H and O–H groups in total. The summed E-state index contributed by atoms with van der Waals surface area (Å²) in [5.41, 5.74) is 8.42. The van der Waals surface area contributed by atoms with Crippen molar-refractivity contribution in [3.05, 3.63) is 54.1 Å². The molecule has 0 unspecified atom stereocenters. The van der Waals surface area contributed by atoms with Gasteiger partial charge in [0.25, 0.3) is 0 Å². The van der Waals surface area contributed by atoms with Gasteiger partial charge in [-0.25, -0.2) is 4.90 Å². The van der Waals surface area contributed by atoms with Gasteiger partial charge in [-0.1, -0.05) is 37.2 Å². The molecule has 8 nitrogen and oxygen atoms in total. The smallest absolute Gasteiger partial charge is 0.247 e. The van der Waals surface area contributed by atoms with Gasteiger partial charge in [-0.05, 0) is 48.4 Å². The number of hydrogen-bond donors (Lipinski definition) is 1. The molecule has 1 atom stereocenters. The molecule has 1 fully saturated rings. The van der Waals surface area contributed by atoms with E-state index >= 15 is 0 Å². The van der Waals surface area contributed by atoms with Gasteiger partial charge in [-0.15, -0.1) is 5.10 Å². The number of unbranched alkanes of at least 4 members (excludes halogenated alkanes) is 1. The van der Waals surface area contributed by atoms with Crippen molar-refractivity contribution in [3.63, 3.8) is 0 Å². The van der Waals surface area contributed by atoms with Gasteiger partial charge < -0.3 is 15.4 Å². The van der Waals surface area contributed by atoms with Gasteiger partial charge in [0.2, 0.25) is 11.8 Å². The summed E-state index contributed by atoms with van der Waals surface area (Å²) in [5, 5.41) is 7.46. The van der Waals surface area contributed by atoms with Crippen molar-refractivity contribution < 1.29 is 14.3 Å².